The first kappa shape index (κ1) is 17.7. The summed E-state index contributed by atoms with van der Waals surface area (Å²) in [5.74, 6) is 0.476. The van der Waals surface area contributed by atoms with Gasteiger partial charge in [-0.1, -0.05) is 23.4 Å². The number of hydrogen-bond acceptors (Lipinski definition) is 5. The molecule has 0 saturated heterocycles. The van der Waals surface area contributed by atoms with Crippen LogP contribution in [-0.4, -0.2) is 30.1 Å². The third kappa shape index (κ3) is 3.74. The predicted molar refractivity (Wildman–Crippen MR) is 101 cm³/mol. The molecular weight excluding hydrogens is 328 g/mol. The lowest BCUT2D eigenvalue weighted by molar-refractivity contribution is 0.0946. The van der Waals surface area contributed by atoms with Crippen molar-refractivity contribution in [2.75, 3.05) is 19.0 Å². The number of hydrogen-bond donors (Lipinski definition) is 1. The quantitative estimate of drug-likeness (QED) is 0.764. The van der Waals surface area contributed by atoms with Gasteiger partial charge in [0.2, 0.25) is 0 Å². The molecule has 0 saturated carbocycles. The maximum atomic E-state index is 12.5. The highest BCUT2D eigenvalue weighted by Crippen LogP contribution is 2.25. The van der Waals surface area contributed by atoms with Crippen molar-refractivity contribution in [3.8, 4) is 11.3 Å². The van der Waals surface area contributed by atoms with E-state index in [0.29, 0.717) is 23.7 Å². The Morgan fingerprint density at radius 3 is 2.46 bits per heavy atom. The largest absolute Gasteiger partial charge is 0.378 e. The number of anilines is 1. The van der Waals surface area contributed by atoms with Crippen LogP contribution >= 0.6 is 0 Å². The van der Waals surface area contributed by atoms with E-state index < -0.39 is 0 Å². The van der Waals surface area contributed by atoms with E-state index >= 15 is 0 Å². The molecule has 1 amide bonds. The molecule has 0 bridgehead atoms. The summed E-state index contributed by atoms with van der Waals surface area (Å²) in [5, 5.41) is 6.86. The van der Waals surface area contributed by atoms with Crippen molar-refractivity contribution in [1.29, 1.82) is 0 Å². The van der Waals surface area contributed by atoms with Gasteiger partial charge in [0, 0.05) is 26.3 Å². The summed E-state index contributed by atoms with van der Waals surface area (Å²) in [7, 11) is 3.99. The van der Waals surface area contributed by atoms with Gasteiger partial charge in [-0.05, 0) is 43.7 Å². The molecule has 6 heteroatoms. The van der Waals surface area contributed by atoms with Crippen LogP contribution in [-0.2, 0) is 6.54 Å². The van der Waals surface area contributed by atoms with Crippen LogP contribution in [0.1, 0.15) is 27.5 Å². The number of aromatic nitrogens is 2. The minimum Gasteiger partial charge on any atom is -0.378 e. The third-order valence-electron chi connectivity index (χ3n) is 4.18. The Kier molecular flexibility index (Phi) is 5.02. The summed E-state index contributed by atoms with van der Waals surface area (Å²) in [6.07, 6.45) is 0. The molecule has 26 heavy (non-hydrogen) atoms. The second kappa shape index (κ2) is 7.39. The summed E-state index contributed by atoms with van der Waals surface area (Å²) >= 11 is 0. The summed E-state index contributed by atoms with van der Waals surface area (Å²) in [6.45, 7) is 4.14. The molecule has 1 aromatic carbocycles. The van der Waals surface area contributed by atoms with E-state index in [1.54, 1.807) is 6.07 Å². The average molecular weight is 350 g/mol. The van der Waals surface area contributed by atoms with Crippen molar-refractivity contribution in [1.82, 2.24) is 15.5 Å². The van der Waals surface area contributed by atoms with Crippen molar-refractivity contribution in [2.45, 2.75) is 20.4 Å². The number of benzene rings is 1. The fourth-order valence-corrected chi connectivity index (χ4v) is 2.73. The minimum atomic E-state index is -0.213. The molecule has 0 spiro atoms. The predicted octanol–water partition coefficient (Wildman–Crippen LogP) is 3.35. The fourth-order valence-electron chi connectivity index (χ4n) is 2.73. The maximum absolute atomic E-state index is 12.5. The smallest absolute Gasteiger partial charge is 0.270 e. The molecule has 0 aliphatic carbocycles. The molecule has 0 fully saturated rings. The molecule has 1 N–H and O–H groups in total. The first-order valence-electron chi connectivity index (χ1n) is 8.40. The van der Waals surface area contributed by atoms with Gasteiger partial charge in [-0.2, -0.15) is 0 Å². The van der Waals surface area contributed by atoms with Crippen LogP contribution in [0.3, 0.4) is 0 Å². The molecule has 2 heterocycles. The Morgan fingerprint density at radius 1 is 1.12 bits per heavy atom. The van der Waals surface area contributed by atoms with Gasteiger partial charge in [0.15, 0.2) is 0 Å². The highest BCUT2D eigenvalue weighted by Gasteiger charge is 2.15. The van der Waals surface area contributed by atoms with E-state index in [2.05, 4.69) is 15.5 Å². The Morgan fingerprint density at radius 2 is 1.85 bits per heavy atom. The lowest BCUT2D eigenvalue weighted by Gasteiger charge is -2.13. The van der Waals surface area contributed by atoms with Gasteiger partial charge < -0.3 is 14.7 Å². The van der Waals surface area contributed by atoms with Crippen LogP contribution in [0.15, 0.2) is 47.0 Å². The van der Waals surface area contributed by atoms with Crippen LogP contribution < -0.4 is 10.2 Å². The summed E-state index contributed by atoms with van der Waals surface area (Å²) in [5.41, 5.74) is 4.80. The number of amides is 1. The lowest BCUT2D eigenvalue weighted by Crippen LogP contribution is -2.24. The number of nitrogens with zero attached hydrogens (tertiary/aromatic N) is 3. The molecule has 0 unspecified atom stereocenters. The van der Waals surface area contributed by atoms with Crippen molar-refractivity contribution < 1.29 is 9.32 Å². The van der Waals surface area contributed by atoms with E-state index in [0.717, 1.165) is 22.5 Å². The topological polar surface area (TPSA) is 71.3 Å². The van der Waals surface area contributed by atoms with E-state index in [9.17, 15) is 4.79 Å². The second-order valence-corrected chi connectivity index (χ2v) is 6.35. The van der Waals surface area contributed by atoms with Gasteiger partial charge in [0.25, 0.3) is 5.91 Å². The van der Waals surface area contributed by atoms with Crippen LogP contribution in [0.2, 0.25) is 0 Å². The van der Waals surface area contributed by atoms with Crippen molar-refractivity contribution in [3.05, 3.63) is 65.2 Å². The molecule has 0 aliphatic heterocycles. The van der Waals surface area contributed by atoms with Gasteiger partial charge in [0.05, 0.1) is 17.0 Å². The number of carbonyl (C=O) groups is 1. The van der Waals surface area contributed by atoms with Crippen molar-refractivity contribution in [2.24, 2.45) is 0 Å². The molecule has 134 valence electrons. The average Bonchev–Trinajstić information content (AvgIpc) is 2.98. The summed E-state index contributed by atoms with van der Waals surface area (Å²) < 4.78 is 5.19. The Balaban J connectivity index is 1.71. The van der Waals surface area contributed by atoms with Gasteiger partial charge in [-0.15, -0.1) is 0 Å². The first-order valence-corrected chi connectivity index (χ1v) is 8.40. The third-order valence-corrected chi connectivity index (χ3v) is 4.18. The second-order valence-electron chi connectivity index (χ2n) is 6.35. The summed E-state index contributed by atoms with van der Waals surface area (Å²) in [4.78, 5) is 19.0. The van der Waals surface area contributed by atoms with E-state index in [-0.39, 0.29) is 5.91 Å². The van der Waals surface area contributed by atoms with E-state index in [1.165, 1.54) is 0 Å². The Bertz CT molecular complexity index is 894. The number of nitrogens with one attached hydrogen (secondary N) is 1. The number of pyridine rings is 1. The zero-order valence-electron chi connectivity index (χ0n) is 15.4. The van der Waals surface area contributed by atoms with Crippen molar-refractivity contribution in [3.63, 3.8) is 0 Å². The summed E-state index contributed by atoms with van der Waals surface area (Å²) in [6, 6.07) is 13.4. The van der Waals surface area contributed by atoms with Gasteiger partial charge in [-0.3, -0.25) is 4.79 Å². The highest BCUT2D eigenvalue weighted by atomic mass is 16.5. The van der Waals surface area contributed by atoms with Crippen molar-refractivity contribution >= 4 is 11.6 Å². The SMILES string of the molecule is Cc1noc(C)c1-c1cccc(C(=O)NCc2ccc(N(C)C)cc2)n1. The van der Waals surface area contributed by atoms with Gasteiger partial charge in [0.1, 0.15) is 11.5 Å². The highest BCUT2D eigenvalue weighted by molar-refractivity contribution is 5.92. The molecule has 0 atom stereocenters. The standard InChI is InChI=1S/C20H22N4O2/c1-13-19(14(2)26-23-13)17-6-5-7-18(22-17)20(25)21-12-15-8-10-16(11-9-15)24(3)4/h5-11H,12H2,1-4H3,(H,21,25). The first-order chi connectivity index (χ1) is 12.5. The van der Waals surface area contributed by atoms with Crippen LogP contribution in [0.25, 0.3) is 11.3 Å². The number of carbonyl (C=O) groups excluding carboxylic acids is 1. The molecule has 3 rings (SSSR count). The number of rotatable bonds is 5. The molecular formula is C20H22N4O2. The molecule has 0 aliphatic rings. The Hall–Kier alpha value is -3.15. The maximum Gasteiger partial charge on any atom is 0.270 e. The molecule has 2 aromatic heterocycles. The van der Waals surface area contributed by atoms with Gasteiger partial charge in [-0.25, -0.2) is 4.98 Å². The number of aryl methyl sites for hydroxylation is 2. The fraction of sp³-hybridized carbons (Fsp3) is 0.250. The normalized spacial score (nSPS) is 10.6. The molecule has 3 aromatic rings. The lowest BCUT2D eigenvalue weighted by atomic mass is 10.1. The van der Waals surface area contributed by atoms with Crippen LogP contribution in [0, 0.1) is 13.8 Å². The van der Waals surface area contributed by atoms with Crippen LogP contribution in [0.5, 0.6) is 0 Å². The van der Waals surface area contributed by atoms with Crippen LogP contribution in [0.4, 0.5) is 5.69 Å². The van der Waals surface area contributed by atoms with E-state index in [1.807, 2.05) is 69.2 Å². The Labute approximate surface area is 152 Å². The molecule has 6 nitrogen and oxygen atoms in total. The minimum absolute atomic E-state index is 0.213. The van der Waals surface area contributed by atoms with E-state index in [4.69, 9.17) is 4.52 Å². The van der Waals surface area contributed by atoms with Gasteiger partial charge >= 0.3 is 0 Å². The zero-order valence-corrected chi connectivity index (χ0v) is 15.4. The zero-order chi connectivity index (χ0) is 18.7. The molecule has 0 radical (unpaired) electrons. The monoisotopic (exact) mass is 350 g/mol.